The molecule has 1 saturated heterocycles. The van der Waals surface area contributed by atoms with Gasteiger partial charge in [-0.1, -0.05) is 18.2 Å². The lowest BCUT2D eigenvalue weighted by Gasteiger charge is -2.29. The van der Waals surface area contributed by atoms with Crippen LogP contribution in [-0.4, -0.2) is 44.8 Å². The molecule has 0 aromatic heterocycles. The van der Waals surface area contributed by atoms with Crippen LogP contribution in [0.4, 0.5) is 0 Å². The van der Waals surface area contributed by atoms with E-state index in [-0.39, 0.29) is 23.1 Å². The predicted octanol–water partition coefficient (Wildman–Crippen LogP) is 1.85. The fourth-order valence-corrected chi connectivity index (χ4v) is 2.89. The van der Waals surface area contributed by atoms with Gasteiger partial charge in [0.2, 0.25) is 0 Å². The SMILES string of the molecule is CC(C)(C)N1COC(COS(=O)(=O)c2ccccc2)C1. The van der Waals surface area contributed by atoms with Crippen molar-refractivity contribution in [2.75, 3.05) is 19.9 Å². The van der Waals surface area contributed by atoms with Crippen molar-refractivity contribution in [1.29, 1.82) is 0 Å². The molecule has 5 nitrogen and oxygen atoms in total. The topological polar surface area (TPSA) is 55.8 Å². The summed E-state index contributed by atoms with van der Waals surface area (Å²) < 4.78 is 34.6. The molecular formula is C14H21NO4S. The van der Waals surface area contributed by atoms with Gasteiger partial charge in [0.15, 0.2) is 0 Å². The van der Waals surface area contributed by atoms with Gasteiger partial charge in [-0.15, -0.1) is 0 Å². The van der Waals surface area contributed by atoms with Crippen molar-refractivity contribution in [1.82, 2.24) is 4.90 Å². The van der Waals surface area contributed by atoms with Crippen molar-refractivity contribution in [3.8, 4) is 0 Å². The fourth-order valence-electron chi connectivity index (χ4n) is 1.94. The summed E-state index contributed by atoms with van der Waals surface area (Å²) in [5.74, 6) is 0. The van der Waals surface area contributed by atoms with Crippen LogP contribution >= 0.6 is 0 Å². The van der Waals surface area contributed by atoms with Crippen LogP contribution in [0.1, 0.15) is 20.8 Å². The third-order valence-corrected chi connectivity index (χ3v) is 4.58. The largest absolute Gasteiger partial charge is 0.359 e. The molecule has 0 N–H and O–H groups in total. The van der Waals surface area contributed by atoms with Gasteiger partial charge in [-0.2, -0.15) is 8.42 Å². The van der Waals surface area contributed by atoms with Crippen LogP contribution in [0.15, 0.2) is 35.2 Å². The lowest BCUT2D eigenvalue weighted by Crippen LogP contribution is -2.40. The zero-order valence-corrected chi connectivity index (χ0v) is 12.9. The normalized spacial score (nSPS) is 21.2. The third-order valence-electron chi connectivity index (χ3n) is 3.28. The van der Waals surface area contributed by atoms with Crippen LogP contribution in [0.2, 0.25) is 0 Å². The van der Waals surface area contributed by atoms with Crippen molar-refractivity contribution in [3.05, 3.63) is 30.3 Å². The van der Waals surface area contributed by atoms with Gasteiger partial charge in [-0.05, 0) is 32.9 Å². The van der Waals surface area contributed by atoms with Crippen molar-refractivity contribution in [2.24, 2.45) is 0 Å². The van der Waals surface area contributed by atoms with Gasteiger partial charge in [-0.25, -0.2) is 0 Å². The van der Waals surface area contributed by atoms with E-state index in [9.17, 15) is 8.42 Å². The molecule has 0 bridgehead atoms. The Bertz CT molecular complexity index is 536. The zero-order chi connectivity index (χ0) is 14.8. The highest BCUT2D eigenvalue weighted by Gasteiger charge is 2.32. The van der Waals surface area contributed by atoms with E-state index in [0.29, 0.717) is 13.3 Å². The van der Waals surface area contributed by atoms with Crippen molar-refractivity contribution >= 4 is 10.1 Å². The Morgan fingerprint density at radius 3 is 2.50 bits per heavy atom. The van der Waals surface area contributed by atoms with Crippen LogP contribution < -0.4 is 0 Å². The molecule has 0 aliphatic carbocycles. The maximum absolute atomic E-state index is 12.0. The molecule has 6 heteroatoms. The molecule has 1 heterocycles. The highest BCUT2D eigenvalue weighted by Crippen LogP contribution is 2.21. The van der Waals surface area contributed by atoms with Crippen molar-refractivity contribution in [2.45, 2.75) is 37.3 Å². The molecule has 1 aromatic rings. The summed E-state index contributed by atoms with van der Waals surface area (Å²) in [5.41, 5.74) is 0.00700. The molecular weight excluding hydrogens is 278 g/mol. The van der Waals surface area contributed by atoms with E-state index < -0.39 is 10.1 Å². The van der Waals surface area contributed by atoms with E-state index in [4.69, 9.17) is 8.92 Å². The minimum Gasteiger partial charge on any atom is -0.359 e. The molecule has 112 valence electrons. The average molecular weight is 299 g/mol. The molecule has 1 atom stereocenters. The molecule has 1 aliphatic rings. The van der Waals surface area contributed by atoms with Crippen molar-refractivity contribution < 1.29 is 17.3 Å². The van der Waals surface area contributed by atoms with Crippen LogP contribution in [0.5, 0.6) is 0 Å². The molecule has 1 fully saturated rings. The first-order chi connectivity index (χ1) is 9.29. The molecule has 0 saturated carbocycles. The minimum atomic E-state index is -3.70. The van der Waals surface area contributed by atoms with E-state index in [1.54, 1.807) is 18.2 Å². The van der Waals surface area contributed by atoms with E-state index in [2.05, 4.69) is 25.7 Å². The van der Waals surface area contributed by atoms with Crippen LogP contribution in [0.25, 0.3) is 0 Å². The summed E-state index contributed by atoms with van der Waals surface area (Å²) in [4.78, 5) is 2.32. The monoisotopic (exact) mass is 299 g/mol. The van der Waals surface area contributed by atoms with E-state index in [1.165, 1.54) is 12.1 Å². The second-order valence-electron chi connectivity index (χ2n) is 5.86. The lowest BCUT2D eigenvalue weighted by molar-refractivity contribution is 0.0441. The highest BCUT2D eigenvalue weighted by atomic mass is 32.2. The number of hydrogen-bond donors (Lipinski definition) is 0. The highest BCUT2D eigenvalue weighted by molar-refractivity contribution is 7.86. The van der Waals surface area contributed by atoms with Crippen LogP contribution in [-0.2, 0) is 19.0 Å². The Morgan fingerprint density at radius 1 is 1.30 bits per heavy atom. The Labute approximate surface area is 120 Å². The summed E-state index contributed by atoms with van der Waals surface area (Å²) in [6.07, 6.45) is -0.215. The summed E-state index contributed by atoms with van der Waals surface area (Å²) >= 11 is 0. The van der Waals surface area contributed by atoms with Crippen molar-refractivity contribution in [3.63, 3.8) is 0 Å². The molecule has 0 radical (unpaired) electrons. The number of ether oxygens (including phenoxy) is 1. The van der Waals surface area contributed by atoms with Gasteiger partial charge in [0.1, 0.15) is 6.73 Å². The molecule has 20 heavy (non-hydrogen) atoms. The van der Waals surface area contributed by atoms with Gasteiger partial charge >= 0.3 is 0 Å². The summed E-state index contributed by atoms with van der Waals surface area (Å²) in [6, 6.07) is 8.15. The Morgan fingerprint density at radius 2 is 1.95 bits per heavy atom. The van der Waals surface area contributed by atoms with E-state index in [0.717, 1.165) is 0 Å². The molecule has 0 spiro atoms. The standard InChI is InChI=1S/C14H21NO4S/c1-14(2,3)15-9-12(18-11-15)10-19-20(16,17)13-7-5-4-6-8-13/h4-8,12H,9-11H2,1-3H3. The zero-order valence-electron chi connectivity index (χ0n) is 12.1. The first kappa shape index (κ1) is 15.4. The van der Waals surface area contributed by atoms with E-state index in [1.807, 2.05) is 0 Å². The quantitative estimate of drug-likeness (QED) is 0.794. The van der Waals surface area contributed by atoms with Crippen LogP contribution in [0, 0.1) is 0 Å². The summed E-state index contributed by atoms with van der Waals surface area (Å²) in [6.45, 7) is 7.52. The van der Waals surface area contributed by atoms with Gasteiger partial charge < -0.3 is 4.74 Å². The summed E-state index contributed by atoms with van der Waals surface area (Å²) in [5, 5.41) is 0. The predicted molar refractivity (Wildman–Crippen MR) is 75.8 cm³/mol. The number of nitrogens with zero attached hydrogens (tertiary/aromatic N) is 1. The minimum absolute atomic E-state index is 0.00700. The number of benzene rings is 1. The van der Waals surface area contributed by atoms with Gasteiger partial charge in [0.05, 0.1) is 17.6 Å². The molecule has 0 amide bonds. The maximum atomic E-state index is 12.0. The molecule has 1 aromatic carbocycles. The Balaban J connectivity index is 1.91. The number of rotatable bonds is 4. The second kappa shape index (κ2) is 5.81. The molecule has 1 aliphatic heterocycles. The third kappa shape index (κ3) is 3.79. The first-order valence-electron chi connectivity index (χ1n) is 6.60. The smallest absolute Gasteiger partial charge is 0.297 e. The van der Waals surface area contributed by atoms with Gasteiger partial charge in [-0.3, -0.25) is 9.08 Å². The summed E-state index contributed by atoms with van der Waals surface area (Å²) in [7, 11) is -3.70. The molecule has 1 unspecified atom stereocenters. The number of hydrogen-bond acceptors (Lipinski definition) is 5. The Hall–Kier alpha value is -0.950. The maximum Gasteiger partial charge on any atom is 0.297 e. The first-order valence-corrected chi connectivity index (χ1v) is 8.01. The average Bonchev–Trinajstić information content (AvgIpc) is 2.86. The molecule has 2 rings (SSSR count). The van der Waals surface area contributed by atoms with Crippen LogP contribution in [0.3, 0.4) is 0 Å². The second-order valence-corrected chi connectivity index (χ2v) is 7.48. The Kier molecular flexibility index (Phi) is 4.49. The van der Waals surface area contributed by atoms with Gasteiger partial charge in [0.25, 0.3) is 10.1 Å². The fraction of sp³-hybridized carbons (Fsp3) is 0.571. The van der Waals surface area contributed by atoms with E-state index >= 15 is 0 Å². The lowest BCUT2D eigenvalue weighted by atomic mass is 10.1. The van der Waals surface area contributed by atoms with Gasteiger partial charge in [0, 0.05) is 12.1 Å².